The number of quaternary nitrogens is 2. The summed E-state index contributed by atoms with van der Waals surface area (Å²) in [6, 6.07) is 0. The van der Waals surface area contributed by atoms with Crippen LogP contribution in [-0.2, 0) is 20.2 Å². The summed E-state index contributed by atoms with van der Waals surface area (Å²) in [5.74, 6) is 0. The van der Waals surface area contributed by atoms with Crippen LogP contribution in [0.25, 0.3) is 0 Å². The molecule has 0 amide bonds. The summed E-state index contributed by atoms with van der Waals surface area (Å²) >= 11 is 0. The molecule has 0 unspecified atom stereocenters. The molecule has 0 saturated carbocycles. The van der Waals surface area contributed by atoms with Crippen molar-refractivity contribution >= 4 is 20.2 Å². The average Bonchev–Trinajstić information content (AvgIpc) is 3.25. The maximum Gasteiger partial charge on any atom is 0.485 e. The number of unbranched alkanes of at least 4 members (excludes halogenated alkanes) is 36. The molecule has 8 nitrogen and oxygen atoms in total. The Balaban J connectivity index is -0.000000474. The molecule has 0 aromatic rings. The fourth-order valence-corrected chi connectivity index (χ4v) is 8.33. The second-order valence-electron chi connectivity index (χ2n) is 21.3. The Labute approximate surface area is 429 Å². The molecule has 0 spiro atoms. The van der Waals surface area contributed by atoms with Crippen LogP contribution in [0.3, 0.4) is 0 Å². The van der Waals surface area contributed by atoms with Crippen molar-refractivity contribution in [3.8, 4) is 0 Å². The highest BCUT2D eigenvalue weighted by atomic mass is 32.2. The van der Waals surface area contributed by atoms with Gasteiger partial charge in [0, 0.05) is 0 Å². The van der Waals surface area contributed by atoms with Crippen molar-refractivity contribution in [3.63, 3.8) is 0 Å². The zero-order chi connectivity index (χ0) is 54.1. The zero-order valence-corrected chi connectivity index (χ0v) is 48.2. The molecule has 0 aromatic heterocycles. The first-order chi connectivity index (χ1) is 32.7. The molecule has 0 aromatic carbocycles. The van der Waals surface area contributed by atoms with E-state index < -0.39 is 31.3 Å². The number of hydrogen-bond donors (Lipinski definition) is 0. The Morgan fingerprint density at radius 3 is 0.471 bits per heavy atom. The van der Waals surface area contributed by atoms with Gasteiger partial charge in [-0.25, -0.2) is 16.8 Å². The molecule has 0 bridgehead atoms. The van der Waals surface area contributed by atoms with E-state index >= 15 is 0 Å². The molecule has 0 radical (unpaired) electrons. The van der Waals surface area contributed by atoms with Crippen molar-refractivity contribution < 1.29 is 61.2 Å². The molecule has 16 heteroatoms. The summed E-state index contributed by atoms with van der Waals surface area (Å²) in [4.78, 5) is 0. The van der Waals surface area contributed by atoms with Crippen LogP contribution < -0.4 is 0 Å². The maximum absolute atomic E-state index is 10.7. The first-order valence-corrected chi connectivity index (χ1v) is 31.2. The van der Waals surface area contributed by atoms with Crippen LogP contribution in [0.2, 0.25) is 0 Å². The van der Waals surface area contributed by atoms with Crippen molar-refractivity contribution in [2.45, 2.75) is 296 Å². The second kappa shape index (κ2) is 49.2. The molecule has 0 fully saturated rings. The van der Waals surface area contributed by atoms with Gasteiger partial charge in [-0.3, -0.25) is 0 Å². The minimum atomic E-state index is -6.09. The van der Waals surface area contributed by atoms with E-state index in [0.717, 1.165) is 0 Å². The fourth-order valence-electron chi connectivity index (χ4n) is 8.33. The number of alkyl halides is 6. The lowest BCUT2D eigenvalue weighted by atomic mass is 10.1. The van der Waals surface area contributed by atoms with Gasteiger partial charge in [-0.2, -0.15) is 26.3 Å². The van der Waals surface area contributed by atoms with Gasteiger partial charge in [0.1, 0.15) is 0 Å². The zero-order valence-electron chi connectivity index (χ0n) is 46.5. The first-order valence-electron chi connectivity index (χ1n) is 28.4. The van der Waals surface area contributed by atoms with E-state index in [1.165, 1.54) is 292 Å². The fraction of sp³-hybridized carbons (Fsp3) is 1.00. The number of rotatable bonds is 44. The minimum Gasteiger partial charge on any atom is -0.741 e. The van der Waals surface area contributed by atoms with Gasteiger partial charge in [0.25, 0.3) is 0 Å². The lowest BCUT2D eigenvalue weighted by Crippen LogP contribution is -2.41. The molecule has 70 heavy (non-hydrogen) atoms. The number of nitrogens with zero attached hydrogens (tertiary/aromatic N) is 2. The quantitative estimate of drug-likeness (QED) is 0.0197. The van der Waals surface area contributed by atoms with E-state index in [9.17, 15) is 26.3 Å². The second-order valence-corrected chi connectivity index (χ2v) is 24.0. The molecule has 0 saturated heterocycles. The first kappa shape index (κ1) is 75.8. The van der Waals surface area contributed by atoms with E-state index in [1.807, 2.05) is 0 Å². The smallest absolute Gasteiger partial charge is 0.485 e. The van der Waals surface area contributed by atoms with Gasteiger partial charge >= 0.3 is 11.0 Å². The van der Waals surface area contributed by atoms with Gasteiger partial charge < -0.3 is 18.1 Å². The standard InChI is InChI=1S/2C26H56N.2CHF3O3S/c2*1-5-7-9-11-13-15-17-19-21-23-25-27(3,4)26-24-22-20-18-16-14-12-10-8-6-2;2*2-1(3,4)8(5,6)7/h2*5-26H2,1-4H3;2*(H,5,6,7)/q2*+1;;/p-2. The molecule has 0 aliphatic heterocycles. The van der Waals surface area contributed by atoms with E-state index in [-0.39, 0.29) is 0 Å². The van der Waals surface area contributed by atoms with E-state index in [2.05, 4.69) is 55.9 Å². The van der Waals surface area contributed by atoms with Crippen LogP contribution in [-0.4, -0.2) is 100 Å². The van der Waals surface area contributed by atoms with Crippen LogP contribution in [0, 0.1) is 0 Å². The van der Waals surface area contributed by atoms with Gasteiger partial charge in [-0.1, -0.05) is 233 Å². The Morgan fingerprint density at radius 2 is 0.371 bits per heavy atom. The lowest BCUT2D eigenvalue weighted by molar-refractivity contribution is -0.890. The molecule has 428 valence electrons. The molecule has 0 heterocycles. The number of hydrogen-bond acceptors (Lipinski definition) is 6. The van der Waals surface area contributed by atoms with Crippen LogP contribution in [0.1, 0.15) is 285 Å². The summed E-state index contributed by atoms with van der Waals surface area (Å²) in [5.41, 5.74) is -11.3. The third kappa shape index (κ3) is 61.6. The maximum atomic E-state index is 10.7. The summed E-state index contributed by atoms with van der Waals surface area (Å²) in [7, 11) is -2.40. The van der Waals surface area contributed by atoms with Gasteiger partial charge in [-0.15, -0.1) is 0 Å². The molecule has 0 N–H and O–H groups in total. The Morgan fingerprint density at radius 1 is 0.271 bits per heavy atom. The highest BCUT2D eigenvalue weighted by Gasteiger charge is 2.37. The largest absolute Gasteiger partial charge is 0.741 e. The summed E-state index contributed by atoms with van der Waals surface area (Å²) in [5, 5.41) is 0. The molecular weight excluding hydrogens is 951 g/mol. The SMILES string of the molecule is CCCCCCCCCCCC[N+](C)(C)CCCCCCCCCCCC.CCCCCCCCCCCC[N+](C)(C)CCCCCCCCCCCC.O=S(=O)([O-])C(F)(F)F.O=S(=O)([O-])C(F)(F)F. The van der Waals surface area contributed by atoms with Crippen molar-refractivity contribution in [1.29, 1.82) is 0 Å². The molecule has 0 rings (SSSR count). The normalized spacial score (nSPS) is 12.5. The highest BCUT2D eigenvalue weighted by molar-refractivity contribution is 7.86. The van der Waals surface area contributed by atoms with Crippen molar-refractivity contribution in [1.82, 2.24) is 0 Å². The van der Waals surface area contributed by atoms with Crippen molar-refractivity contribution in [2.24, 2.45) is 0 Å². The molecule has 0 atom stereocenters. The minimum absolute atomic E-state index is 1.24. The Hall–Kier alpha value is -0.680. The number of halogens is 6. The molecular formula is C54H112F6N2O6S2. The molecule has 0 aliphatic rings. The van der Waals surface area contributed by atoms with Gasteiger partial charge in [0.05, 0.1) is 54.4 Å². The Kier molecular flexibility index (Phi) is 53.3. The van der Waals surface area contributed by atoms with Crippen LogP contribution >= 0.6 is 0 Å². The monoisotopic (exact) mass is 1060 g/mol. The lowest BCUT2D eigenvalue weighted by Gasteiger charge is -2.30. The Bertz CT molecular complexity index is 1150. The summed E-state index contributed by atoms with van der Waals surface area (Å²) in [6.07, 6.45) is 58.0. The van der Waals surface area contributed by atoms with E-state index in [4.69, 9.17) is 25.9 Å². The topological polar surface area (TPSA) is 114 Å². The summed E-state index contributed by atoms with van der Waals surface area (Å²) in [6.45, 7) is 14.7. The van der Waals surface area contributed by atoms with E-state index in [0.29, 0.717) is 0 Å². The highest BCUT2D eigenvalue weighted by Crippen LogP contribution is 2.22. The molecule has 0 aliphatic carbocycles. The predicted octanol–water partition coefficient (Wildman–Crippen LogP) is 17.9. The van der Waals surface area contributed by atoms with Crippen LogP contribution in [0.4, 0.5) is 26.3 Å². The van der Waals surface area contributed by atoms with Crippen molar-refractivity contribution in [3.05, 3.63) is 0 Å². The van der Waals surface area contributed by atoms with Gasteiger partial charge in [-0.05, 0) is 51.4 Å². The van der Waals surface area contributed by atoms with Gasteiger partial charge in [0.2, 0.25) is 0 Å². The van der Waals surface area contributed by atoms with Gasteiger partial charge in [0.15, 0.2) is 20.2 Å². The summed E-state index contributed by atoms with van der Waals surface area (Å²) < 4.78 is 120. The third-order valence-corrected chi connectivity index (χ3v) is 14.2. The predicted molar refractivity (Wildman–Crippen MR) is 283 cm³/mol. The average molecular weight is 1060 g/mol. The van der Waals surface area contributed by atoms with Crippen molar-refractivity contribution in [2.75, 3.05) is 54.4 Å². The van der Waals surface area contributed by atoms with E-state index in [1.54, 1.807) is 0 Å². The van der Waals surface area contributed by atoms with Crippen LogP contribution in [0.15, 0.2) is 0 Å². The van der Waals surface area contributed by atoms with Crippen LogP contribution in [0.5, 0.6) is 0 Å². The third-order valence-electron chi connectivity index (χ3n) is 13.0.